The van der Waals surface area contributed by atoms with Crippen molar-refractivity contribution in [2.24, 2.45) is 14.1 Å². The highest BCUT2D eigenvalue weighted by Gasteiger charge is 2.23. The smallest absolute Gasteiger partial charge is 0.259 e. The minimum atomic E-state index is -0.202. The number of ether oxygens (including phenoxy) is 2. The number of hydrogen-bond donors (Lipinski definition) is 1. The Balaban J connectivity index is 1.67. The molecule has 1 aliphatic rings. The zero-order valence-electron chi connectivity index (χ0n) is 15.0. The van der Waals surface area contributed by atoms with Gasteiger partial charge in [0.1, 0.15) is 12.2 Å². The van der Waals surface area contributed by atoms with E-state index in [0.717, 1.165) is 31.6 Å². The molecule has 0 bridgehead atoms. The molecule has 0 radical (unpaired) electrons. The van der Waals surface area contributed by atoms with Crippen LogP contribution in [-0.2, 0) is 25.4 Å². The number of hydrogen-bond acceptors (Lipinski definition) is 5. The Morgan fingerprint density at radius 2 is 2.28 bits per heavy atom. The van der Waals surface area contributed by atoms with Crippen molar-refractivity contribution in [3.8, 4) is 5.88 Å². The molecule has 1 amide bonds. The van der Waals surface area contributed by atoms with Gasteiger partial charge in [0.15, 0.2) is 0 Å². The predicted octanol–water partition coefficient (Wildman–Crippen LogP) is 1.34. The minimum Gasteiger partial charge on any atom is -0.475 e. The Morgan fingerprint density at radius 1 is 1.44 bits per heavy atom. The number of aryl methyl sites for hydroxylation is 3. The van der Waals surface area contributed by atoms with Crippen LogP contribution in [0.5, 0.6) is 5.88 Å². The average Bonchev–Trinajstić information content (AvgIpc) is 3.14. The lowest BCUT2D eigenvalue weighted by atomic mass is 10.1. The third kappa shape index (κ3) is 4.01. The molecule has 1 atom stereocenters. The van der Waals surface area contributed by atoms with E-state index in [0.29, 0.717) is 30.3 Å². The predicted molar refractivity (Wildman–Crippen MR) is 91.4 cm³/mol. The van der Waals surface area contributed by atoms with E-state index in [1.54, 1.807) is 24.3 Å². The van der Waals surface area contributed by atoms with Crippen molar-refractivity contribution in [1.29, 1.82) is 0 Å². The zero-order chi connectivity index (χ0) is 17.8. The minimum absolute atomic E-state index is 0.0781. The summed E-state index contributed by atoms with van der Waals surface area (Å²) in [7, 11) is 3.67. The van der Waals surface area contributed by atoms with Gasteiger partial charge in [0.05, 0.1) is 30.4 Å². The molecule has 3 heterocycles. The molecule has 2 aromatic heterocycles. The summed E-state index contributed by atoms with van der Waals surface area (Å²) in [5.41, 5.74) is 2.04. The van der Waals surface area contributed by atoms with Crippen LogP contribution in [0, 0.1) is 6.92 Å². The highest BCUT2D eigenvalue weighted by molar-refractivity contribution is 5.97. The van der Waals surface area contributed by atoms with Crippen LogP contribution in [0.2, 0.25) is 0 Å². The summed E-state index contributed by atoms with van der Waals surface area (Å²) >= 11 is 0. The Labute approximate surface area is 147 Å². The van der Waals surface area contributed by atoms with Crippen molar-refractivity contribution in [3.05, 3.63) is 29.5 Å². The van der Waals surface area contributed by atoms with Crippen LogP contribution in [0.4, 0.5) is 0 Å². The van der Waals surface area contributed by atoms with E-state index in [-0.39, 0.29) is 12.0 Å². The van der Waals surface area contributed by atoms with Gasteiger partial charge < -0.3 is 19.4 Å². The first-order valence-corrected chi connectivity index (χ1v) is 8.57. The molecule has 1 aliphatic heterocycles. The number of rotatable bonds is 6. The van der Waals surface area contributed by atoms with Crippen LogP contribution >= 0.6 is 0 Å². The molecule has 1 fully saturated rings. The zero-order valence-corrected chi connectivity index (χ0v) is 15.0. The van der Waals surface area contributed by atoms with Crippen molar-refractivity contribution >= 4 is 5.91 Å². The van der Waals surface area contributed by atoms with E-state index in [9.17, 15) is 4.79 Å². The van der Waals surface area contributed by atoms with E-state index >= 15 is 0 Å². The molecule has 0 spiro atoms. The van der Waals surface area contributed by atoms with Crippen molar-refractivity contribution in [1.82, 2.24) is 24.6 Å². The third-order valence-corrected chi connectivity index (χ3v) is 4.42. The molecule has 8 heteroatoms. The van der Waals surface area contributed by atoms with Crippen LogP contribution in [0.3, 0.4) is 0 Å². The second-order valence-corrected chi connectivity index (χ2v) is 6.37. The molecule has 0 aliphatic carbocycles. The maximum Gasteiger partial charge on any atom is 0.259 e. The second kappa shape index (κ2) is 7.69. The summed E-state index contributed by atoms with van der Waals surface area (Å²) in [5, 5.41) is 7.24. The van der Waals surface area contributed by atoms with E-state index < -0.39 is 0 Å². The molecule has 3 rings (SSSR count). The standard InChI is InChI=1S/C17H25N5O3/c1-12-15(16(23)19-9-13-8-18-11-21(13)2)17(22(3)20-12)25-10-14-6-4-5-7-24-14/h8,11,14H,4-7,9-10H2,1-3H3,(H,19,23). The molecule has 25 heavy (non-hydrogen) atoms. The lowest BCUT2D eigenvalue weighted by molar-refractivity contribution is -0.0128. The Kier molecular flexibility index (Phi) is 5.37. The lowest BCUT2D eigenvalue weighted by Gasteiger charge is -2.22. The fourth-order valence-electron chi connectivity index (χ4n) is 2.99. The maximum atomic E-state index is 12.7. The molecule has 2 aromatic rings. The van der Waals surface area contributed by atoms with Gasteiger partial charge in [0.2, 0.25) is 5.88 Å². The SMILES string of the molecule is Cc1nn(C)c(OCC2CCCCO2)c1C(=O)NCc1cncn1C. The van der Waals surface area contributed by atoms with E-state index in [2.05, 4.69) is 15.4 Å². The Bertz CT molecular complexity index is 731. The van der Waals surface area contributed by atoms with Crippen LogP contribution in [-0.4, -0.2) is 44.6 Å². The first-order chi connectivity index (χ1) is 12.1. The molecular weight excluding hydrogens is 322 g/mol. The van der Waals surface area contributed by atoms with Crippen LogP contribution in [0.25, 0.3) is 0 Å². The summed E-state index contributed by atoms with van der Waals surface area (Å²) in [5.74, 6) is 0.278. The van der Waals surface area contributed by atoms with Gasteiger partial charge >= 0.3 is 0 Å². The molecular formula is C17H25N5O3. The highest BCUT2D eigenvalue weighted by atomic mass is 16.5. The molecule has 1 unspecified atom stereocenters. The molecule has 0 aromatic carbocycles. The number of nitrogens with one attached hydrogen (secondary N) is 1. The van der Waals surface area contributed by atoms with Crippen molar-refractivity contribution in [3.63, 3.8) is 0 Å². The topological polar surface area (TPSA) is 83.2 Å². The second-order valence-electron chi connectivity index (χ2n) is 6.37. The number of carbonyl (C=O) groups is 1. The molecule has 8 nitrogen and oxygen atoms in total. The van der Waals surface area contributed by atoms with Gasteiger partial charge in [-0.15, -0.1) is 0 Å². The number of carbonyl (C=O) groups excluding carboxylic acids is 1. The number of nitrogens with zero attached hydrogens (tertiary/aromatic N) is 4. The van der Waals surface area contributed by atoms with Gasteiger partial charge in [-0.2, -0.15) is 5.10 Å². The average molecular weight is 347 g/mol. The fourth-order valence-corrected chi connectivity index (χ4v) is 2.99. The van der Waals surface area contributed by atoms with Crippen LogP contribution < -0.4 is 10.1 Å². The number of amides is 1. The first kappa shape index (κ1) is 17.5. The summed E-state index contributed by atoms with van der Waals surface area (Å²) < 4.78 is 15.1. The third-order valence-electron chi connectivity index (χ3n) is 4.42. The molecule has 1 N–H and O–H groups in total. The molecule has 0 saturated carbocycles. The Hall–Kier alpha value is -2.35. The van der Waals surface area contributed by atoms with Gasteiger partial charge in [-0.3, -0.25) is 4.79 Å². The van der Waals surface area contributed by atoms with Crippen molar-refractivity contribution < 1.29 is 14.3 Å². The van der Waals surface area contributed by atoms with Gasteiger partial charge in [-0.1, -0.05) is 0 Å². The van der Waals surface area contributed by atoms with Gasteiger partial charge in [-0.05, 0) is 26.2 Å². The molecule has 136 valence electrons. The van der Waals surface area contributed by atoms with Crippen LogP contribution in [0.1, 0.15) is 41.0 Å². The first-order valence-electron chi connectivity index (χ1n) is 8.57. The van der Waals surface area contributed by atoms with Crippen LogP contribution in [0.15, 0.2) is 12.5 Å². The Morgan fingerprint density at radius 3 is 2.96 bits per heavy atom. The molecule has 1 saturated heterocycles. The maximum absolute atomic E-state index is 12.7. The van der Waals surface area contributed by atoms with Gasteiger partial charge in [0.25, 0.3) is 5.91 Å². The summed E-state index contributed by atoms with van der Waals surface area (Å²) in [6.07, 6.45) is 6.75. The largest absolute Gasteiger partial charge is 0.475 e. The van der Waals surface area contributed by atoms with Crippen molar-refractivity contribution in [2.75, 3.05) is 13.2 Å². The van der Waals surface area contributed by atoms with Gasteiger partial charge in [0, 0.05) is 26.9 Å². The van der Waals surface area contributed by atoms with E-state index in [4.69, 9.17) is 9.47 Å². The summed E-state index contributed by atoms with van der Waals surface area (Å²) in [6.45, 7) is 3.41. The highest BCUT2D eigenvalue weighted by Crippen LogP contribution is 2.23. The quantitative estimate of drug-likeness (QED) is 0.853. The summed E-state index contributed by atoms with van der Waals surface area (Å²) in [6, 6.07) is 0. The normalized spacial score (nSPS) is 17.5. The summed E-state index contributed by atoms with van der Waals surface area (Å²) in [4.78, 5) is 16.7. The van der Waals surface area contributed by atoms with Gasteiger partial charge in [-0.25, -0.2) is 9.67 Å². The van der Waals surface area contributed by atoms with E-state index in [1.807, 2.05) is 18.5 Å². The lowest BCUT2D eigenvalue weighted by Crippen LogP contribution is -2.28. The fraction of sp³-hybridized carbons (Fsp3) is 0.588. The number of imidazole rings is 1. The van der Waals surface area contributed by atoms with Crippen molar-refractivity contribution in [2.45, 2.75) is 38.8 Å². The monoisotopic (exact) mass is 347 g/mol. The number of aromatic nitrogens is 4. The van der Waals surface area contributed by atoms with E-state index in [1.165, 1.54) is 0 Å².